The highest BCUT2D eigenvalue weighted by Gasteiger charge is 2.25. The summed E-state index contributed by atoms with van der Waals surface area (Å²) in [6.07, 6.45) is 6.03. The Balaban J connectivity index is 2.51. The van der Waals surface area contributed by atoms with Crippen molar-refractivity contribution in [1.29, 1.82) is 0 Å². The van der Waals surface area contributed by atoms with E-state index in [1.165, 1.54) is 19.3 Å². The topological polar surface area (TPSA) is 26.0 Å². The highest BCUT2D eigenvalue weighted by atomic mass is 14.5. The first-order valence-electron chi connectivity index (χ1n) is 4.02. The van der Waals surface area contributed by atoms with E-state index in [9.17, 15) is 0 Å². The van der Waals surface area contributed by atoms with E-state index in [1.807, 2.05) is 0 Å². The summed E-state index contributed by atoms with van der Waals surface area (Å²) >= 11 is 0. The fourth-order valence-electron chi connectivity index (χ4n) is 1.63. The quantitative estimate of drug-likeness (QED) is 0.553. The molecule has 1 aliphatic carbocycles. The van der Waals surface area contributed by atoms with Gasteiger partial charge in [-0.15, -0.1) is 0 Å². The van der Waals surface area contributed by atoms with Crippen molar-refractivity contribution >= 4 is 0 Å². The molecule has 58 valence electrons. The Kier molecular flexibility index (Phi) is 2.14. The van der Waals surface area contributed by atoms with Gasteiger partial charge >= 0.3 is 0 Å². The fourth-order valence-corrected chi connectivity index (χ4v) is 1.63. The summed E-state index contributed by atoms with van der Waals surface area (Å²) in [7, 11) is 0. The Morgan fingerprint density at radius 2 is 2.30 bits per heavy atom. The molecule has 0 aliphatic heterocycles. The van der Waals surface area contributed by atoms with Crippen molar-refractivity contribution in [2.75, 3.05) is 6.54 Å². The van der Waals surface area contributed by atoms with Gasteiger partial charge in [-0.05, 0) is 24.7 Å². The first-order chi connectivity index (χ1) is 4.64. The van der Waals surface area contributed by atoms with Crippen LogP contribution in [0.25, 0.3) is 0 Å². The summed E-state index contributed by atoms with van der Waals surface area (Å²) < 4.78 is 0. The molecule has 0 amide bonds. The lowest BCUT2D eigenvalue weighted by atomic mass is 9.92. The second-order valence-electron chi connectivity index (χ2n) is 3.94. The van der Waals surface area contributed by atoms with Crippen LogP contribution in [0.15, 0.2) is 11.6 Å². The zero-order valence-corrected chi connectivity index (χ0v) is 6.98. The third-order valence-corrected chi connectivity index (χ3v) is 2.24. The van der Waals surface area contributed by atoms with Crippen LogP contribution in [-0.2, 0) is 0 Å². The minimum absolute atomic E-state index is 0.543. The van der Waals surface area contributed by atoms with Crippen LogP contribution in [0.3, 0.4) is 0 Å². The molecule has 0 radical (unpaired) electrons. The number of nitrogens with two attached hydrogens (primary N) is 1. The van der Waals surface area contributed by atoms with E-state index in [0.717, 1.165) is 0 Å². The minimum Gasteiger partial charge on any atom is -0.327 e. The molecular formula is C9H17N. The zero-order valence-electron chi connectivity index (χ0n) is 6.98. The first-order valence-corrected chi connectivity index (χ1v) is 4.02. The first kappa shape index (κ1) is 7.80. The molecule has 0 bridgehead atoms. The van der Waals surface area contributed by atoms with Crippen LogP contribution in [0, 0.1) is 5.41 Å². The molecular weight excluding hydrogens is 122 g/mol. The summed E-state index contributed by atoms with van der Waals surface area (Å²) in [6.45, 7) is 5.36. The maximum absolute atomic E-state index is 5.42. The molecule has 1 fully saturated rings. The molecule has 1 heteroatoms. The monoisotopic (exact) mass is 139 g/mol. The number of allylic oxidation sites excluding steroid dienone is 1. The molecule has 0 aromatic heterocycles. The molecule has 1 nitrogen and oxygen atoms in total. The van der Waals surface area contributed by atoms with Gasteiger partial charge in [0.1, 0.15) is 0 Å². The van der Waals surface area contributed by atoms with Crippen molar-refractivity contribution in [2.45, 2.75) is 33.1 Å². The Hall–Kier alpha value is -0.300. The van der Waals surface area contributed by atoms with Crippen molar-refractivity contribution in [3.05, 3.63) is 11.6 Å². The second kappa shape index (κ2) is 2.75. The molecule has 0 saturated heterocycles. The normalized spacial score (nSPS) is 27.7. The largest absolute Gasteiger partial charge is 0.327 e. The van der Waals surface area contributed by atoms with Gasteiger partial charge in [-0.2, -0.15) is 0 Å². The van der Waals surface area contributed by atoms with Crippen molar-refractivity contribution in [3.8, 4) is 0 Å². The summed E-state index contributed by atoms with van der Waals surface area (Å²) in [5, 5.41) is 0. The number of hydrogen-bond donors (Lipinski definition) is 1. The predicted octanol–water partition coefficient (Wildman–Crippen LogP) is 2.08. The van der Waals surface area contributed by atoms with Crippen molar-refractivity contribution < 1.29 is 0 Å². The number of rotatable bonds is 1. The van der Waals surface area contributed by atoms with Gasteiger partial charge in [-0.25, -0.2) is 0 Å². The van der Waals surface area contributed by atoms with Crippen LogP contribution < -0.4 is 5.73 Å². The lowest BCUT2D eigenvalue weighted by molar-refractivity contribution is 0.389. The molecule has 0 aromatic carbocycles. The minimum atomic E-state index is 0.543. The standard InChI is InChI=1S/C9H17N/c1-9(2)5-3-8(7-9)4-6-10/h4H,3,5-7,10H2,1-2H3. The van der Waals surface area contributed by atoms with Crippen LogP contribution in [0.5, 0.6) is 0 Å². The second-order valence-corrected chi connectivity index (χ2v) is 3.94. The lowest BCUT2D eigenvalue weighted by Crippen LogP contribution is -2.02. The van der Waals surface area contributed by atoms with Crippen molar-refractivity contribution in [2.24, 2.45) is 11.1 Å². The Bertz CT molecular complexity index is 145. The Morgan fingerprint density at radius 3 is 2.70 bits per heavy atom. The molecule has 0 atom stereocenters. The maximum Gasteiger partial charge on any atom is 0.0109 e. The Morgan fingerprint density at radius 1 is 1.60 bits per heavy atom. The van der Waals surface area contributed by atoms with Crippen molar-refractivity contribution in [3.63, 3.8) is 0 Å². The predicted molar refractivity (Wildman–Crippen MR) is 44.8 cm³/mol. The maximum atomic E-state index is 5.42. The molecule has 1 rings (SSSR count). The van der Waals surface area contributed by atoms with Crippen LogP contribution >= 0.6 is 0 Å². The van der Waals surface area contributed by atoms with Crippen LogP contribution in [-0.4, -0.2) is 6.54 Å². The summed E-state index contributed by atoms with van der Waals surface area (Å²) in [4.78, 5) is 0. The summed E-state index contributed by atoms with van der Waals surface area (Å²) in [5.74, 6) is 0. The van der Waals surface area contributed by atoms with Gasteiger partial charge in [0.2, 0.25) is 0 Å². The molecule has 0 spiro atoms. The smallest absolute Gasteiger partial charge is 0.0109 e. The van der Waals surface area contributed by atoms with Gasteiger partial charge in [0.05, 0.1) is 0 Å². The third kappa shape index (κ3) is 1.84. The van der Waals surface area contributed by atoms with Gasteiger partial charge < -0.3 is 5.73 Å². The van der Waals surface area contributed by atoms with E-state index in [0.29, 0.717) is 12.0 Å². The summed E-state index contributed by atoms with van der Waals surface area (Å²) in [6, 6.07) is 0. The molecule has 1 aliphatic rings. The molecule has 1 saturated carbocycles. The molecule has 10 heavy (non-hydrogen) atoms. The third-order valence-electron chi connectivity index (χ3n) is 2.24. The van der Waals surface area contributed by atoms with Crippen LogP contribution in [0.2, 0.25) is 0 Å². The average molecular weight is 139 g/mol. The zero-order chi connectivity index (χ0) is 7.61. The van der Waals surface area contributed by atoms with Gasteiger partial charge in [-0.3, -0.25) is 0 Å². The van der Waals surface area contributed by atoms with Gasteiger partial charge in [0, 0.05) is 6.54 Å². The van der Waals surface area contributed by atoms with Gasteiger partial charge in [0.15, 0.2) is 0 Å². The van der Waals surface area contributed by atoms with Crippen LogP contribution in [0.1, 0.15) is 33.1 Å². The van der Waals surface area contributed by atoms with Gasteiger partial charge in [0.25, 0.3) is 0 Å². The highest BCUT2D eigenvalue weighted by Crippen LogP contribution is 2.40. The van der Waals surface area contributed by atoms with E-state index in [2.05, 4.69) is 19.9 Å². The summed E-state index contributed by atoms with van der Waals surface area (Å²) in [5.41, 5.74) is 7.53. The SMILES string of the molecule is CC1(C)CCC(=CCN)C1. The molecule has 0 unspecified atom stereocenters. The molecule has 0 aromatic rings. The molecule has 2 N–H and O–H groups in total. The van der Waals surface area contributed by atoms with E-state index >= 15 is 0 Å². The highest BCUT2D eigenvalue weighted by molar-refractivity contribution is 5.11. The Labute approximate surface area is 63.3 Å². The van der Waals surface area contributed by atoms with Gasteiger partial charge in [-0.1, -0.05) is 25.5 Å². The van der Waals surface area contributed by atoms with E-state index < -0.39 is 0 Å². The fraction of sp³-hybridized carbons (Fsp3) is 0.778. The van der Waals surface area contributed by atoms with E-state index in [-0.39, 0.29) is 0 Å². The van der Waals surface area contributed by atoms with Crippen molar-refractivity contribution in [1.82, 2.24) is 0 Å². The number of hydrogen-bond acceptors (Lipinski definition) is 1. The lowest BCUT2D eigenvalue weighted by Gasteiger charge is -2.14. The molecule has 0 heterocycles. The average Bonchev–Trinajstić information content (AvgIpc) is 2.12. The van der Waals surface area contributed by atoms with E-state index in [1.54, 1.807) is 5.57 Å². The van der Waals surface area contributed by atoms with E-state index in [4.69, 9.17) is 5.73 Å². The van der Waals surface area contributed by atoms with Crippen LogP contribution in [0.4, 0.5) is 0 Å².